The van der Waals surface area contributed by atoms with Crippen LogP contribution in [-0.2, 0) is 18.3 Å². The highest BCUT2D eigenvalue weighted by molar-refractivity contribution is 5.88. The van der Waals surface area contributed by atoms with Gasteiger partial charge >= 0.3 is 0 Å². The maximum atomic E-state index is 12.4. The third-order valence-electron chi connectivity index (χ3n) is 3.88. The van der Waals surface area contributed by atoms with Crippen molar-refractivity contribution in [2.45, 2.75) is 13.3 Å². The van der Waals surface area contributed by atoms with Gasteiger partial charge in [0.05, 0.1) is 5.69 Å². The summed E-state index contributed by atoms with van der Waals surface area (Å²) in [6, 6.07) is 19.1. The highest BCUT2D eigenvalue weighted by atomic mass is 16.1. The molecule has 1 N–H and O–H groups in total. The predicted molar refractivity (Wildman–Crippen MR) is 98.5 cm³/mol. The highest BCUT2D eigenvalue weighted by Gasteiger charge is 2.09. The van der Waals surface area contributed by atoms with Gasteiger partial charge in [-0.2, -0.15) is 5.10 Å². The Labute approximate surface area is 145 Å². The summed E-state index contributed by atoms with van der Waals surface area (Å²) in [6.07, 6.45) is 0.563. The van der Waals surface area contributed by atoms with E-state index in [1.807, 2.05) is 60.7 Å². The number of rotatable bonds is 4. The number of hydrogen-bond donors (Lipinski definition) is 1. The number of nitrogens with one attached hydrogen (secondary N) is 1. The van der Waals surface area contributed by atoms with E-state index in [9.17, 15) is 9.59 Å². The van der Waals surface area contributed by atoms with Gasteiger partial charge in [-0.15, -0.1) is 0 Å². The van der Waals surface area contributed by atoms with Crippen LogP contribution in [0.1, 0.15) is 18.1 Å². The minimum Gasteiger partial charge on any atom is -0.326 e. The molecule has 5 heteroatoms. The number of carbonyl (C=O) groups excluding carboxylic acids is 1. The minimum atomic E-state index is -0.113. The smallest absolute Gasteiger partial charge is 0.270 e. The summed E-state index contributed by atoms with van der Waals surface area (Å²) in [5.74, 6) is -0.113. The van der Waals surface area contributed by atoms with Crippen molar-refractivity contribution in [1.29, 1.82) is 0 Å². The fourth-order valence-corrected chi connectivity index (χ4v) is 2.68. The molecule has 1 heterocycles. The molecule has 2 aromatic carbocycles. The minimum absolute atomic E-state index is 0.0949. The van der Waals surface area contributed by atoms with Crippen LogP contribution >= 0.6 is 0 Å². The third-order valence-corrected chi connectivity index (χ3v) is 3.88. The van der Waals surface area contributed by atoms with Gasteiger partial charge in [-0.05, 0) is 23.8 Å². The monoisotopic (exact) mass is 333 g/mol. The number of amides is 1. The van der Waals surface area contributed by atoms with Crippen LogP contribution in [0.2, 0.25) is 0 Å². The summed E-state index contributed by atoms with van der Waals surface area (Å²) in [6.45, 7) is 1.47. The summed E-state index contributed by atoms with van der Waals surface area (Å²) in [4.78, 5) is 23.5. The average Bonchev–Trinajstić information content (AvgIpc) is 2.60. The van der Waals surface area contributed by atoms with Crippen LogP contribution in [-0.4, -0.2) is 15.7 Å². The lowest BCUT2D eigenvalue weighted by atomic mass is 10.0. The lowest BCUT2D eigenvalue weighted by Gasteiger charge is -2.09. The van der Waals surface area contributed by atoms with Crippen LogP contribution in [0.25, 0.3) is 11.3 Å². The molecule has 0 aliphatic rings. The van der Waals surface area contributed by atoms with Gasteiger partial charge in [-0.25, -0.2) is 4.68 Å². The van der Waals surface area contributed by atoms with Gasteiger partial charge in [-0.3, -0.25) is 9.59 Å². The summed E-state index contributed by atoms with van der Waals surface area (Å²) in [7, 11) is 1.66. The van der Waals surface area contributed by atoms with Crippen molar-refractivity contribution in [2.24, 2.45) is 7.05 Å². The predicted octanol–water partition coefficient (Wildman–Crippen LogP) is 3.00. The molecule has 0 bridgehead atoms. The van der Waals surface area contributed by atoms with Crippen molar-refractivity contribution in [3.8, 4) is 11.3 Å². The Morgan fingerprint density at radius 2 is 1.76 bits per heavy atom. The first-order valence-corrected chi connectivity index (χ1v) is 8.02. The van der Waals surface area contributed by atoms with E-state index in [1.165, 1.54) is 11.6 Å². The Morgan fingerprint density at radius 1 is 1.08 bits per heavy atom. The van der Waals surface area contributed by atoms with Crippen LogP contribution in [0.4, 0.5) is 5.69 Å². The Morgan fingerprint density at radius 3 is 2.40 bits per heavy atom. The molecular weight excluding hydrogens is 314 g/mol. The van der Waals surface area contributed by atoms with E-state index in [2.05, 4.69) is 10.4 Å². The van der Waals surface area contributed by atoms with Gasteiger partial charge in [0.25, 0.3) is 5.56 Å². The van der Waals surface area contributed by atoms with E-state index < -0.39 is 0 Å². The van der Waals surface area contributed by atoms with Crippen LogP contribution in [0.5, 0.6) is 0 Å². The quantitative estimate of drug-likeness (QED) is 0.798. The van der Waals surface area contributed by atoms with Crippen molar-refractivity contribution >= 4 is 11.6 Å². The number of carbonyl (C=O) groups is 1. The van der Waals surface area contributed by atoms with Crippen molar-refractivity contribution in [1.82, 2.24) is 9.78 Å². The van der Waals surface area contributed by atoms with E-state index in [0.29, 0.717) is 12.0 Å². The van der Waals surface area contributed by atoms with Gasteiger partial charge < -0.3 is 5.32 Å². The number of nitrogens with zero attached hydrogens (tertiary/aromatic N) is 2. The summed E-state index contributed by atoms with van der Waals surface area (Å²) in [5, 5.41) is 7.09. The Hall–Kier alpha value is -3.21. The van der Waals surface area contributed by atoms with Gasteiger partial charge in [0.15, 0.2) is 0 Å². The third kappa shape index (κ3) is 4.01. The molecular formula is C20H19N3O2. The molecule has 0 radical (unpaired) electrons. The second-order valence-electron chi connectivity index (χ2n) is 5.90. The Bertz CT molecular complexity index is 945. The van der Waals surface area contributed by atoms with Crippen LogP contribution in [0, 0.1) is 0 Å². The maximum absolute atomic E-state index is 12.4. The highest BCUT2D eigenvalue weighted by Crippen LogP contribution is 2.20. The van der Waals surface area contributed by atoms with E-state index in [0.717, 1.165) is 22.5 Å². The molecule has 126 valence electrons. The molecule has 1 aromatic heterocycles. The lowest BCUT2D eigenvalue weighted by molar-refractivity contribution is -0.114. The molecule has 0 unspecified atom stereocenters. The zero-order chi connectivity index (χ0) is 17.8. The van der Waals surface area contributed by atoms with Crippen molar-refractivity contribution in [3.05, 3.63) is 82.1 Å². The molecule has 0 atom stereocenters. The molecule has 5 nitrogen and oxygen atoms in total. The molecule has 25 heavy (non-hydrogen) atoms. The number of anilines is 1. The van der Waals surface area contributed by atoms with Crippen LogP contribution in [0.15, 0.2) is 65.5 Å². The molecule has 3 aromatic rings. The van der Waals surface area contributed by atoms with Gasteiger partial charge in [-0.1, -0.05) is 42.5 Å². The normalized spacial score (nSPS) is 10.5. The van der Waals surface area contributed by atoms with Crippen molar-refractivity contribution in [2.75, 3.05) is 5.32 Å². The van der Waals surface area contributed by atoms with E-state index in [-0.39, 0.29) is 11.5 Å². The molecule has 0 saturated heterocycles. The second-order valence-corrected chi connectivity index (χ2v) is 5.90. The van der Waals surface area contributed by atoms with Gasteiger partial charge in [0, 0.05) is 37.2 Å². The second kappa shape index (κ2) is 7.13. The fraction of sp³-hybridized carbons (Fsp3) is 0.150. The first kappa shape index (κ1) is 16.6. The fourth-order valence-electron chi connectivity index (χ4n) is 2.68. The summed E-state index contributed by atoms with van der Waals surface area (Å²) < 4.78 is 1.37. The Balaban J connectivity index is 1.94. The first-order chi connectivity index (χ1) is 12.0. The van der Waals surface area contributed by atoms with E-state index >= 15 is 0 Å². The topological polar surface area (TPSA) is 64.0 Å². The van der Waals surface area contributed by atoms with E-state index in [1.54, 1.807) is 7.05 Å². The van der Waals surface area contributed by atoms with Crippen LogP contribution < -0.4 is 10.9 Å². The first-order valence-electron chi connectivity index (χ1n) is 8.02. The number of hydrogen-bond acceptors (Lipinski definition) is 3. The molecule has 0 aliphatic carbocycles. The summed E-state index contributed by atoms with van der Waals surface area (Å²) >= 11 is 0. The zero-order valence-corrected chi connectivity index (χ0v) is 14.2. The maximum Gasteiger partial charge on any atom is 0.270 e. The standard InChI is InChI=1S/C20H19N3O2/c1-14(24)21-18-10-8-16(9-11-18)19-13-17(20(25)23(2)22-19)12-15-6-4-3-5-7-15/h3-11,13H,12H2,1-2H3,(H,21,24). The van der Waals surface area contributed by atoms with Crippen molar-refractivity contribution < 1.29 is 4.79 Å². The van der Waals surface area contributed by atoms with Gasteiger partial charge in [0.2, 0.25) is 5.91 Å². The van der Waals surface area contributed by atoms with Gasteiger partial charge in [0.1, 0.15) is 0 Å². The molecule has 3 rings (SSSR count). The molecule has 0 fully saturated rings. The molecule has 0 spiro atoms. The summed E-state index contributed by atoms with van der Waals surface area (Å²) in [5.41, 5.74) is 4.02. The average molecular weight is 333 g/mol. The molecule has 1 amide bonds. The SMILES string of the molecule is CC(=O)Nc1ccc(-c2cc(Cc3ccccc3)c(=O)n(C)n2)cc1. The molecule has 0 saturated carbocycles. The number of benzene rings is 2. The largest absolute Gasteiger partial charge is 0.326 e. The van der Waals surface area contributed by atoms with Crippen LogP contribution in [0.3, 0.4) is 0 Å². The number of aromatic nitrogens is 2. The Kier molecular flexibility index (Phi) is 4.75. The zero-order valence-electron chi connectivity index (χ0n) is 14.2. The van der Waals surface area contributed by atoms with Crippen molar-refractivity contribution in [3.63, 3.8) is 0 Å². The van der Waals surface area contributed by atoms with E-state index in [4.69, 9.17) is 0 Å². The lowest BCUT2D eigenvalue weighted by Crippen LogP contribution is -2.24. The number of aryl methyl sites for hydroxylation is 1. The molecule has 0 aliphatic heterocycles.